The maximum Gasteiger partial charge on any atom is 0.255 e. The van der Waals surface area contributed by atoms with E-state index in [2.05, 4.69) is 21.3 Å². The number of rotatable bonds is 16. The molecule has 2 spiro atoms. The zero-order valence-electron chi connectivity index (χ0n) is 36.9. The molecule has 0 aromatic heterocycles. The molecule has 3 fully saturated rings. The highest BCUT2D eigenvalue weighted by Crippen LogP contribution is 2.63. The highest BCUT2D eigenvalue weighted by atomic mass is 35.5. The van der Waals surface area contributed by atoms with E-state index in [1.54, 1.807) is 59.5 Å². The quantitative estimate of drug-likeness (QED) is 0.0497. The zero-order chi connectivity index (χ0) is 46.9. The summed E-state index contributed by atoms with van der Waals surface area (Å²) in [5, 5.41) is 12.3. The predicted octanol–water partition coefficient (Wildman–Crippen LogP) is 7.81. The Bertz CT molecular complexity index is 2620. The van der Waals surface area contributed by atoms with Crippen LogP contribution in [0.3, 0.4) is 0 Å². The number of nitrogens with zero attached hydrogens (tertiary/aromatic N) is 1. The summed E-state index contributed by atoms with van der Waals surface area (Å²) in [6.45, 7) is 1.96. The van der Waals surface area contributed by atoms with E-state index >= 15 is 4.39 Å². The molecule has 5 amide bonds. The monoisotopic (exact) mass is 951 g/mol. The number of ketones is 1. The molecule has 1 saturated carbocycles. The lowest BCUT2D eigenvalue weighted by molar-refractivity contribution is -0.137. The minimum atomic E-state index is -1.35. The number of nitrogens with one attached hydrogen (secondary N) is 4. The van der Waals surface area contributed by atoms with Gasteiger partial charge in [-0.15, -0.1) is 0 Å². The molecular weight excluding hydrogens is 900 g/mol. The molecule has 5 aliphatic rings. The van der Waals surface area contributed by atoms with E-state index in [4.69, 9.17) is 32.7 Å². The molecule has 16 heteroatoms. The summed E-state index contributed by atoms with van der Waals surface area (Å²) in [5.74, 6) is -3.42. The number of benzene rings is 4. The fourth-order valence-corrected chi connectivity index (χ4v) is 11.6. The molecular formula is C51H52Cl2FN5O8. The molecule has 4 aliphatic heterocycles. The molecule has 4 aromatic rings. The number of carbonyl (C=O) groups excluding carboxylic acids is 6. The van der Waals surface area contributed by atoms with Crippen LogP contribution in [0, 0.1) is 5.82 Å². The van der Waals surface area contributed by atoms with Gasteiger partial charge in [0.15, 0.2) is 5.78 Å². The number of hydrogen-bond acceptors (Lipinski definition) is 9. The third-order valence-electron chi connectivity index (χ3n) is 14.3. The topological polar surface area (TPSA) is 172 Å². The van der Waals surface area contributed by atoms with Crippen molar-refractivity contribution in [1.29, 1.82) is 0 Å². The van der Waals surface area contributed by atoms with Gasteiger partial charge in [-0.05, 0) is 109 Å². The van der Waals surface area contributed by atoms with Crippen molar-refractivity contribution in [3.8, 4) is 0 Å². The van der Waals surface area contributed by atoms with Gasteiger partial charge in [0.1, 0.15) is 17.3 Å². The van der Waals surface area contributed by atoms with Crippen molar-refractivity contribution in [2.75, 3.05) is 37.1 Å². The van der Waals surface area contributed by atoms with Gasteiger partial charge >= 0.3 is 0 Å². The third-order valence-corrected chi connectivity index (χ3v) is 14.8. The SMILES string of the molecule is O=C1CCC(N2Cc3c(CCCOCCOCCCC(=O)c4ccc(NC(=O)[C@@H]5NC6(CCCCC6)[C@@]6(C(=O)Nc7cc(Cl)ccc76)[C@H]5c5cccc(Cl)c5F)cc4)cccc3C2=O)C(=O)N1. The summed E-state index contributed by atoms with van der Waals surface area (Å²) in [5.41, 5.74) is 2.62. The van der Waals surface area contributed by atoms with Gasteiger partial charge in [-0.1, -0.05) is 72.8 Å². The van der Waals surface area contributed by atoms with Gasteiger partial charge in [-0.25, -0.2) is 4.39 Å². The summed E-state index contributed by atoms with van der Waals surface area (Å²) in [6, 6.07) is 20.5. The standard InChI is InChI=1S/C51H52Cl2FN5O8/c52-32-16-19-37-39(28-32)56-49(65)51(37)43(35-11-5-12-38(53)44(35)54)45(58-50(51)22-2-1-3-23-50)47(63)55-33-17-14-31(15-18-33)41(60)13-7-25-67-27-26-66-24-6-9-30-8-4-10-34-36(30)29-59(48(34)64)40-20-21-42(61)57-46(40)62/h4-5,8,10-12,14-19,28,40,43,45,58H,1-3,6-7,9,13,20-27,29H2,(H,55,63)(H,56,65)(H,57,61,62)/t40?,43-,45+,51+/m0/s1. The van der Waals surface area contributed by atoms with E-state index in [0.29, 0.717) is 98.2 Å². The third kappa shape index (κ3) is 8.78. The number of hydrogen-bond donors (Lipinski definition) is 4. The molecule has 2 saturated heterocycles. The molecule has 4 heterocycles. The van der Waals surface area contributed by atoms with Gasteiger partial charge in [-0.2, -0.15) is 0 Å². The molecule has 4 N–H and O–H groups in total. The summed E-state index contributed by atoms with van der Waals surface area (Å²) in [4.78, 5) is 81.0. The lowest BCUT2D eigenvalue weighted by atomic mass is 9.55. The molecule has 13 nitrogen and oxygen atoms in total. The van der Waals surface area contributed by atoms with Crippen molar-refractivity contribution < 1.29 is 42.6 Å². The van der Waals surface area contributed by atoms with Crippen LogP contribution >= 0.6 is 23.2 Å². The number of Topliss-reactive ketones (excluding diaryl/α,β-unsaturated/α-hetero) is 1. The molecule has 67 heavy (non-hydrogen) atoms. The van der Waals surface area contributed by atoms with Crippen LogP contribution in [0.5, 0.6) is 0 Å². The number of halogens is 3. The molecule has 9 rings (SSSR count). The van der Waals surface area contributed by atoms with Crippen LogP contribution in [0.2, 0.25) is 10.0 Å². The van der Waals surface area contributed by atoms with Gasteiger partial charge in [0.05, 0.1) is 24.3 Å². The van der Waals surface area contributed by atoms with Gasteiger partial charge in [0.25, 0.3) is 5.91 Å². The summed E-state index contributed by atoms with van der Waals surface area (Å²) in [7, 11) is 0. The van der Waals surface area contributed by atoms with Crippen LogP contribution < -0.4 is 21.3 Å². The van der Waals surface area contributed by atoms with E-state index in [-0.39, 0.29) is 46.9 Å². The Morgan fingerprint density at radius 1 is 0.851 bits per heavy atom. The fraction of sp³-hybridized carbons (Fsp3) is 0.412. The van der Waals surface area contributed by atoms with Gasteiger partial charge < -0.3 is 25.0 Å². The van der Waals surface area contributed by atoms with Crippen LogP contribution in [-0.4, -0.2) is 84.3 Å². The highest BCUT2D eigenvalue weighted by Gasteiger charge is 2.72. The van der Waals surface area contributed by atoms with Crippen LogP contribution in [-0.2, 0) is 47.0 Å². The molecule has 1 unspecified atom stereocenters. The summed E-state index contributed by atoms with van der Waals surface area (Å²) < 4.78 is 27.8. The highest BCUT2D eigenvalue weighted by molar-refractivity contribution is 6.31. The van der Waals surface area contributed by atoms with Crippen molar-refractivity contribution in [3.05, 3.63) is 128 Å². The van der Waals surface area contributed by atoms with Crippen molar-refractivity contribution in [2.45, 2.75) is 106 Å². The predicted molar refractivity (Wildman–Crippen MR) is 250 cm³/mol. The normalized spacial score (nSPS) is 22.8. The minimum absolute atomic E-state index is 0.0757. The minimum Gasteiger partial charge on any atom is -0.379 e. The van der Waals surface area contributed by atoms with Gasteiger partial charge in [-0.3, -0.25) is 39.4 Å². The Morgan fingerprint density at radius 3 is 2.36 bits per heavy atom. The van der Waals surface area contributed by atoms with Gasteiger partial charge in [0.2, 0.25) is 23.6 Å². The number of fused-ring (bicyclic) bond motifs is 4. The summed E-state index contributed by atoms with van der Waals surface area (Å²) >= 11 is 12.8. The number of aryl methyl sites for hydroxylation is 1. The van der Waals surface area contributed by atoms with Crippen molar-refractivity contribution in [1.82, 2.24) is 15.5 Å². The average molecular weight is 953 g/mol. The first-order chi connectivity index (χ1) is 32.4. The number of ether oxygens (including phenoxy) is 2. The van der Waals surface area contributed by atoms with E-state index in [9.17, 15) is 28.8 Å². The molecule has 0 radical (unpaired) electrons. The number of anilines is 2. The first-order valence-corrected chi connectivity index (χ1v) is 23.9. The van der Waals surface area contributed by atoms with E-state index < -0.39 is 46.6 Å². The number of piperidine rings is 1. The fourth-order valence-electron chi connectivity index (χ4n) is 11.2. The Hall–Kier alpha value is -5.51. The van der Waals surface area contributed by atoms with E-state index in [1.165, 1.54) is 6.07 Å². The van der Waals surface area contributed by atoms with Crippen molar-refractivity contribution >= 4 is 69.9 Å². The second kappa shape index (κ2) is 19.6. The van der Waals surface area contributed by atoms with Gasteiger partial charge in [0, 0.05) is 71.6 Å². The number of imide groups is 1. The molecule has 4 aromatic carbocycles. The second-order valence-electron chi connectivity index (χ2n) is 18.1. The van der Waals surface area contributed by atoms with Crippen molar-refractivity contribution in [2.24, 2.45) is 0 Å². The Morgan fingerprint density at radius 2 is 1.60 bits per heavy atom. The summed E-state index contributed by atoms with van der Waals surface area (Å²) in [6.07, 6.45) is 6.54. The molecule has 0 bridgehead atoms. The Balaban J connectivity index is 0.752. The first kappa shape index (κ1) is 46.6. The lowest BCUT2D eigenvalue weighted by Crippen LogP contribution is -2.60. The second-order valence-corrected chi connectivity index (χ2v) is 18.9. The number of amides is 5. The van der Waals surface area contributed by atoms with E-state index in [1.807, 2.05) is 18.2 Å². The number of carbonyl (C=O) groups is 6. The van der Waals surface area contributed by atoms with Crippen LogP contribution in [0.4, 0.5) is 15.8 Å². The maximum atomic E-state index is 16.2. The van der Waals surface area contributed by atoms with Crippen LogP contribution in [0.15, 0.2) is 78.9 Å². The Labute approximate surface area is 397 Å². The maximum absolute atomic E-state index is 16.2. The molecule has 1 aliphatic carbocycles. The van der Waals surface area contributed by atoms with E-state index in [0.717, 1.165) is 36.8 Å². The average Bonchev–Trinajstić information content (AvgIpc) is 3.91. The lowest BCUT2D eigenvalue weighted by Gasteiger charge is -2.47. The van der Waals surface area contributed by atoms with Crippen LogP contribution in [0.25, 0.3) is 0 Å². The Kier molecular flexibility index (Phi) is 13.6. The van der Waals surface area contributed by atoms with Crippen LogP contribution in [0.1, 0.15) is 113 Å². The molecule has 350 valence electrons. The largest absolute Gasteiger partial charge is 0.379 e. The zero-order valence-corrected chi connectivity index (χ0v) is 38.4. The molecule has 4 atom stereocenters. The first-order valence-electron chi connectivity index (χ1n) is 23.1. The van der Waals surface area contributed by atoms with Crippen molar-refractivity contribution in [3.63, 3.8) is 0 Å². The smallest absolute Gasteiger partial charge is 0.255 e.